The van der Waals surface area contributed by atoms with Crippen LogP contribution >= 0.6 is 12.2 Å². The highest BCUT2D eigenvalue weighted by Crippen LogP contribution is 2.23. The minimum atomic E-state index is -0.0757. The van der Waals surface area contributed by atoms with E-state index in [1.165, 1.54) is 5.56 Å². The number of anilines is 1. The molecule has 0 saturated heterocycles. The first kappa shape index (κ1) is 20.0. The predicted molar refractivity (Wildman–Crippen MR) is 117 cm³/mol. The molecule has 3 rings (SSSR count). The predicted octanol–water partition coefficient (Wildman–Crippen LogP) is 5.16. The molecule has 0 atom stereocenters. The Balaban J connectivity index is 1.63. The van der Waals surface area contributed by atoms with Crippen molar-refractivity contribution in [3.63, 3.8) is 0 Å². The van der Waals surface area contributed by atoms with Crippen molar-refractivity contribution in [3.05, 3.63) is 59.5 Å². The molecule has 0 radical (unpaired) electrons. The van der Waals surface area contributed by atoms with Crippen LogP contribution in [0.25, 0.3) is 11.1 Å². The molecular formula is C22H25N3O2S. The number of carbonyl (C=O) groups is 1. The van der Waals surface area contributed by atoms with Crippen LogP contribution in [0.3, 0.4) is 0 Å². The smallest absolute Gasteiger partial charge is 0.226 e. The third-order valence-electron chi connectivity index (χ3n) is 4.42. The average Bonchev–Trinajstić information content (AvgIpc) is 3.04. The molecule has 3 aromatic rings. The van der Waals surface area contributed by atoms with Crippen LogP contribution in [-0.2, 0) is 11.2 Å². The van der Waals surface area contributed by atoms with Gasteiger partial charge in [0, 0.05) is 18.5 Å². The lowest BCUT2D eigenvalue weighted by Crippen LogP contribution is -2.33. The Hall–Kier alpha value is -2.73. The van der Waals surface area contributed by atoms with Crippen molar-refractivity contribution in [1.29, 1.82) is 0 Å². The summed E-state index contributed by atoms with van der Waals surface area (Å²) in [6.07, 6.45) is 1.87. The summed E-state index contributed by atoms with van der Waals surface area (Å²) in [5.74, 6) is 1.08. The number of oxazole rings is 1. The van der Waals surface area contributed by atoms with E-state index in [9.17, 15) is 4.79 Å². The van der Waals surface area contributed by atoms with Crippen molar-refractivity contribution in [3.8, 4) is 0 Å². The van der Waals surface area contributed by atoms with E-state index in [0.717, 1.165) is 28.8 Å². The van der Waals surface area contributed by atoms with Gasteiger partial charge in [0.05, 0.1) is 0 Å². The van der Waals surface area contributed by atoms with Crippen molar-refractivity contribution in [1.82, 2.24) is 10.3 Å². The maximum absolute atomic E-state index is 11.6. The number of hydrogen-bond acceptors (Lipinski definition) is 4. The highest BCUT2D eigenvalue weighted by atomic mass is 32.1. The van der Waals surface area contributed by atoms with Crippen molar-refractivity contribution >= 4 is 40.0 Å². The van der Waals surface area contributed by atoms with Crippen molar-refractivity contribution < 1.29 is 9.21 Å². The van der Waals surface area contributed by atoms with E-state index in [0.29, 0.717) is 29.8 Å². The van der Waals surface area contributed by atoms with E-state index in [-0.39, 0.29) is 5.91 Å². The fourth-order valence-electron chi connectivity index (χ4n) is 2.89. The number of nitrogens with one attached hydrogen (secondary N) is 2. The fraction of sp³-hybridized carbons (Fsp3) is 0.318. The lowest BCUT2D eigenvalue weighted by Gasteiger charge is -2.09. The molecule has 0 fully saturated rings. The Labute approximate surface area is 170 Å². The summed E-state index contributed by atoms with van der Waals surface area (Å²) < 4.78 is 5.87. The van der Waals surface area contributed by atoms with Crippen molar-refractivity contribution in [2.75, 3.05) is 5.32 Å². The fourth-order valence-corrected chi connectivity index (χ4v) is 3.12. The van der Waals surface area contributed by atoms with Gasteiger partial charge in [-0.1, -0.05) is 39.0 Å². The van der Waals surface area contributed by atoms with Crippen molar-refractivity contribution in [2.45, 2.75) is 46.0 Å². The molecular weight excluding hydrogens is 370 g/mol. The lowest BCUT2D eigenvalue weighted by molar-refractivity contribution is -0.119. The third-order valence-corrected chi connectivity index (χ3v) is 4.62. The largest absolute Gasteiger partial charge is 0.440 e. The van der Waals surface area contributed by atoms with Crippen LogP contribution in [0.1, 0.15) is 56.5 Å². The topological polar surface area (TPSA) is 67.2 Å². The molecule has 146 valence electrons. The number of fused-ring (bicyclic) bond motifs is 1. The summed E-state index contributed by atoms with van der Waals surface area (Å²) >= 11 is 5.16. The van der Waals surface area contributed by atoms with Gasteiger partial charge in [0.15, 0.2) is 16.6 Å². The summed E-state index contributed by atoms with van der Waals surface area (Å²) in [6.45, 7) is 6.28. The quantitative estimate of drug-likeness (QED) is 0.565. The molecule has 1 amide bonds. The molecule has 0 saturated carbocycles. The van der Waals surface area contributed by atoms with Crippen LogP contribution in [0.5, 0.6) is 0 Å². The van der Waals surface area contributed by atoms with Gasteiger partial charge in [-0.2, -0.15) is 0 Å². The van der Waals surface area contributed by atoms with Gasteiger partial charge < -0.3 is 15.1 Å². The Bertz CT molecular complexity index is 977. The zero-order valence-electron chi connectivity index (χ0n) is 16.4. The Morgan fingerprint density at radius 3 is 2.61 bits per heavy atom. The first-order chi connectivity index (χ1) is 13.4. The molecule has 0 spiro atoms. The molecule has 28 heavy (non-hydrogen) atoms. The summed E-state index contributed by atoms with van der Waals surface area (Å²) in [5, 5.41) is 6.00. The number of hydrogen-bond donors (Lipinski definition) is 2. The van der Waals surface area contributed by atoms with Gasteiger partial charge >= 0.3 is 0 Å². The molecule has 0 aliphatic heterocycles. The molecule has 6 heteroatoms. The highest BCUT2D eigenvalue weighted by Gasteiger charge is 2.09. The monoisotopic (exact) mass is 395 g/mol. The Kier molecular flexibility index (Phi) is 6.41. The normalized spacial score (nSPS) is 11.0. The molecule has 2 N–H and O–H groups in total. The van der Waals surface area contributed by atoms with E-state index in [4.69, 9.17) is 16.6 Å². The van der Waals surface area contributed by atoms with Gasteiger partial charge in [0.2, 0.25) is 5.91 Å². The summed E-state index contributed by atoms with van der Waals surface area (Å²) in [7, 11) is 0. The SMILES string of the molecule is CCCC(=O)NC(=S)Nc1ccc(Cc2nc3cc(C(C)C)ccc3o2)cc1. The minimum absolute atomic E-state index is 0.0757. The summed E-state index contributed by atoms with van der Waals surface area (Å²) in [5.41, 5.74) is 4.87. The van der Waals surface area contributed by atoms with E-state index >= 15 is 0 Å². The van der Waals surface area contributed by atoms with Crippen LogP contribution in [0, 0.1) is 0 Å². The maximum atomic E-state index is 11.6. The average molecular weight is 396 g/mol. The number of rotatable bonds is 6. The Morgan fingerprint density at radius 1 is 1.18 bits per heavy atom. The van der Waals surface area contributed by atoms with Gasteiger partial charge in [-0.15, -0.1) is 0 Å². The highest BCUT2D eigenvalue weighted by molar-refractivity contribution is 7.80. The van der Waals surface area contributed by atoms with E-state index < -0.39 is 0 Å². The zero-order chi connectivity index (χ0) is 20.1. The van der Waals surface area contributed by atoms with Gasteiger partial charge in [0.25, 0.3) is 0 Å². The molecule has 1 aromatic heterocycles. The zero-order valence-corrected chi connectivity index (χ0v) is 17.2. The van der Waals surface area contributed by atoms with Crippen LogP contribution in [0.15, 0.2) is 46.9 Å². The van der Waals surface area contributed by atoms with Gasteiger partial charge in [-0.05, 0) is 59.9 Å². The number of amides is 1. The number of thiocarbonyl (C=S) groups is 1. The van der Waals surface area contributed by atoms with E-state index in [1.54, 1.807) is 0 Å². The molecule has 0 aliphatic rings. The number of benzene rings is 2. The van der Waals surface area contributed by atoms with Gasteiger partial charge in [-0.3, -0.25) is 4.79 Å². The van der Waals surface area contributed by atoms with Crippen LogP contribution < -0.4 is 10.6 Å². The Morgan fingerprint density at radius 2 is 1.93 bits per heavy atom. The van der Waals surface area contributed by atoms with Crippen LogP contribution in [-0.4, -0.2) is 16.0 Å². The standard InChI is InChI=1S/C22H25N3O2S/c1-4-5-20(26)25-22(28)23-17-9-6-15(7-10-17)12-21-24-18-13-16(14(2)3)8-11-19(18)27-21/h6-11,13-14H,4-5,12H2,1-3H3,(H2,23,25,26,28). The van der Waals surface area contributed by atoms with Crippen LogP contribution in [0.4, 0.5) is 5.69 Å². The number of nitrogens with zero attached hydrogens (tertiary/aromatic N) is 1. The first-order valence-electron chi connectivity index (χ1n) is 9.53. The lowest BCUT2D eigenvalue weighted by atomic mass is 10.0. The van der Waals surface area contributed by atoms with E-state index in [2.05, 4.69) is 41.6 Å². The molecule has 2 aromatic carbocycles. The first-order valence-corrected chi connectivity index (χ1v) is 9.94. The summed E-state index contributed by atoms with van der Waals surface area (Å²) in [6, 6.07) is 14.0. The minimum Gasteiger partial charge on any atom is -0.440 e. The van der Waals surface area contributed by atoms with Gasteiger partial charge in [0.1, 0.15) is 5.52 Å². The third kappa shape index (κ3) is 5.16. The number of aromatic nitrogens is 1. The van der Waals surface area contributed by atoms with Crippen LogP contribution in [0.2, 0.25) is 0 Å². The second-order valence-electron chi connectivity index (χ2n) is 7.12. The second kappa shape index (κ2) is 8.97. The summed E-state index contributed by atoms with van der Waals surface area (Å²) in [4.78, 5) is 16.2. The molecule has 0 unspecified atom stereocenters. The van der Waals surface area contributed by atoms with E-state index in [1.807, 2.05) is 37.3 Å². The molecule has 0 bridgehead atoms. The second-order valence-corrected chi connectivity index (χ2v) is 7.52. The van der Waals surface area contributed by atoms with Crippen molar-refractivity contribution in [2.24, 2.45) is 0 Å². The molecule has 0 aliphatic carbocycles. The van der Waals surface area contributed by atoms with Gasteiger partial charge in [-0.25, -0.2) is 4.98 Å². The maximum Gasteiger partial charge on any atom is 0.226 e. The molecule has 5 nitrogen and oxygen atoms in total. The number of carbonyl (C=O) groups excluding carboxylic acids is 1. The molecule has 1 heterocycles.